The van der Waals surface area contributed by atoms with Gasteiger partial charge in [0.05, 0.1) is 0 Å². The minimum atomic E-state index is -0.267. The Morgan fingerprint density at radius 3 is 2.65 bits per heavy atom. The average molecular weight is 355 g/mol. The standard InChI is InChI=1S/C22H29NO3/c24-22(25-15-14-23-12-5-2-6-13-23)19-11-7-10-18-16-20(26-21(18)19)17-8-3-1-4-9-17/h7,10-11,16-17H,1-6,8-9,12-15H2. The summed E-state index contributed by atoms with van der Waals surface area (Å²) in [6, 6.07) is 7.88. The maximum Gasteiger partial charge on any atom is 0.342 e. The van der Waals surface area contributed by atoms with Crippen LogP contribution in [0.4, 0.5) is 0 Å². The van der Waals surface area contributed by atoms with Gasteiger partial charge in [-0.3, -0.25) is 4.90 Å². The van der Waals surface area contributed by atoms with Crippen molar-refractivity contribution in [1.29, 1.82) is 0 Å². The molecule has 0 radical (unpaired) electrons. The molecule has 2 fully saturated rings. The van der Waals surface area contributed by atoms with Crippen LogP contribution >= 0.6 is 0 Å². The van der Waals surface area contributed by atoms with Gasteiger partial charge in [-0.25, -0.2) is 4.79 Å². The zero-order valence-corrected chi connectivity index (χ0v) is 15.5. The minimum Gasteiger partial charge on any atom is -0.461 e. The highest BCUT2D eigenvalue weighted by molar-refractivity contribution is 6.02. The maximum absolute atomic E-state index is 12.6. The van der Waals surface area contributed by atoms with Crippen LogP contribution in [0.15, 0.2) is 28.7 Å². The number of rotatable bonds is 5. The first-order valence-electron chi connectivity index (χ1n) is 10.2. The predicted octanol–water partition coefficient (Wildman–Crippen LogP) is 5.12. The Labute approximate surface area is 155 Å². The highest BCUT2D eigenvalue weighted by Crippen LogP contribution is 2.36. The third kappa shape index (κ3) is 3.96. The lowest BCUT2D eigenvalue weighted by Crippen LogP contribution is -2.33. The van der Waals surface area contributed by atoms with Crippen LogP contribution in [0.1, 0.15) is 73.4 Å². The molecule has 0 amide bonds. The van der Waals surface area contributed by atoms with Gasteiger partial charge >= 0.3 is 5.97 Å². The molecule has 0 unspecified atom stereocenters. The van der Waals surface area contributed by atoms with Gasteiger partial charge in [-0.05, 0) is 50.9 Å². The molecular weight excluding hydrogens is 326 g/mol. The van der Waals surface area contributed by atoms with E-state index in [0.717, 1.165) is 30.8 Å². The van der Waals surface area contributed by atoms with E-state index in [2.05, 4.69) is 11.0 Å². The molecule has 1 aromatic heterocycles. The molecule has 140 valence electrons. The number of nitrogens with zero attached hydrogens (tertiary/aromatic N) is 1. The lowest BCUT2D eigenvalue weighted by atomic mass is 9.87. The van der Waals surface area contributed by atoms with E-state index in [-0.39, 0.29) is 5.97 Å². The highest BCUT2D eigenvalue weighted by Gasteiger charge is 2.22. The van der Waals surface area contributed by atoms with Crippen LogP contribution in [0.2, 0.25) is 0 Å². The van der Waals surface area contributed by atoms with E-state index in [1.807, 2.05) is 18.2 Å². The minimum absolute atomic E-state index is 0.267. The van der Waals surface area contributed by atoms with E-state index in [4.69, 9.17) is 9.15 Å². The number of esters is 1. The second kappa shape index (κ2) is 8.26. The summed E-state index contributed by atoms with van der Waals surface area (Å²) in [5, 5.41) is 1.01. The van der Waals surface area contributed by atoms with Gasteiger partial charge in [0, 0.05) is 17.8 Å². The molecule has 4 rings (SSSR count). The Hall–Kier alpha value is -1.81. The molecule has 1 saturated carbocycles. The van der Waals surface area contributed by atoms with Crippen LogP contribution in [-0.4, -0.2) is 37.1 Å². The zero-order valence-electron chi connectivity index (χ0n) is 15.5. The first kappa shape index (κ1) is 17.6. The Kier molecular flexibility index (Phi) is 5.59. The topological polar surface area (TPSA) is 42.7 Å². The van der Waals surface area contributed by atoms with E-state index in [1.165, 1.54) is 51.4 Å². The molecule has 0 atom stereocenters. The van der Waals surface area contributed by atoms with E-state index in [9.17, 15) is 4.79 Å². The third-order valence-electron chi connectivity index (χ3n) is 5.88. The normalized spacial score (nSPS) is 19.7. The zero-order chi connectivity index (χ0) is 17.8. The van der Waals surface area contributed by atoms with Gasteiger partial charge in [0.25, 0.3) is 0 Å². The molecule has 1 aromatic carbocycles. The number of piperidine rings is 1. The molecule has 0 N–H and O–H groups in total. The summed E-state index contributed by atoms with van der Waals surface area (Å²) in [5.41, 5.74) is 1.25. The summed E-state index contributed by atoms with van der Waals surface area (Å²) in [5.74, 6) is 1.27. The Bertz CT molecular complexity index is 739. The molecule has 1 aliphatic heterocycles. The fraction of sp³-hybridized carbons (Fsp3) is 0.591. The molecule has 4 nitrogen and oxygen atoms in total. The first-order chi connectivity index (χ1) is 12.8. The smallest absolute Gasteiger partial charge is 0.342 e. The maximum atomic E-state index is 12.6. The fourth-order valence-corrected chi connectivity index (χ4v) is 4.36. The molecule has 0 bridgehead atoms. The number of benzene rings is 1. The van der Waals surface area contributed by atoms with Crippen molar-refractivity contribution in [2.45, 2.75) is 57.3 Å². The van der Waals surface area contributed by atoms with Crippen LogP contribution in [0.5, 0.6) is 0 Å². The monoisotopic (exact) mass is 355 g/mol. The molecule has 2 heterocycles. The molecule has 0 spiro atoms. The van der Waals surface area contributed by atoms with Crippen LogP contribution < -0.4 is 0 Å². The largest absolute Gasteiger partial charge is 0.461 e. The van der Waals surface area contributed by atoms with Gasteiger partial charge in [0.1, 0.15) is 23.5 Å². The number of carbonyl (C=O) groups excluding carboxylic acids is 1. The summed E-state index contributed by atoms with van der Waals surface area (Å²) < 4.78 is 11.7. The molecule has 26 heavy (non-hydrogen) atoms. The highest BCUT2D eigenvalue weighted by atomic mass is 16.5. The Morgan fingerprint density at radius 1 is 1.08 bits per heavy atom. The van der Waals surface area contributed by atoms with Crippen LogP contribution in [-0.2, 0) is 4.74 Å². The molecule has 1 aliphatic carbocycles. The number of hydrogen-bond acceptors (Lipinski definition) is 4. The van der Waals surface area contributed by atoms with E-state index in [0.29, 0.717) is 23.7 Å². The third-order valence-corrected chi connectivity index (χ3v) is 5.88. The molecule has 4 heteroatoms. The number of carbonyl (C=O) groups is 1. The molecule has 1 saturated heterocycles. The van der Waals surface area contributed by atoms with Gasteiger partial charge in [0.15, 0.2) is 0 Å². The number of ether oxygens (including phenoxy) is 1. The lowest BCUT2D eigenvalue weighted by molar-refractivity contribution is 0.0453. The van der Waals surface area contributed by atoms with Crippen molar-refractivity contribution in [3.05, 3.63) is 35.6 Å². The van der Waals surface area contributed by atoms with Crippen molar-refractivity contribution < 1.29 is 13.9 Å². The van der Waals surface area contributed by atoms with E-state index < -0.39 is 0 Å². The predicted molar refractivity (Wildman–Crippen MR) is 103 cm³/mol. The summed E-state index contributed by atoms with van der Waals surface area (Å²) >= 11 is 0. The molecule has 2 aliphatic rings. The van der Waals surface area contributed by atoms with Gasteiger partial charge in [-0.1, -0.05) is 37.8 Å². The Morgan fingerprint density at radius 2 is 1.85 bits per heavy atom. The molecular formula is C22H29NO3. The van der Waals surface area contributed by atoms with Crippen LogP contribution in [0.3, 0.4) is 0 Å². The van der Waals surface area contributed by atoms with Crippen molar-refractivity contribution in [2.75, 3.05) is 26.2 Å². The summed E-state index contributed by atoms with van der Waals surface area (Å²) in [7, 11) is 0. The van der Waals surface area contributed by atoms with E-state index in [1.54, 1.807) is 0 Å². The second-order valence-electron chi connectivity index (χ2n) is 7.75. The van der Waals surface area contributed by atoms with Crippen molar-refractivity contribution >= 4 is 16.9 Å². The number of hydrogen-bond donors (Lipinski definition) is 0. The number of furan rings is 1. The van der Waals surface area contributed by atoms with Crippen LogP contribution in [0.25, 0.3) is 11.0 Å². The average Bonchev–Trinajstić information content (AvgIpc) is 3.14. The van der Waals surface area contributed by atoms with E-state index >= 15 is 0 Å². The summed E-state index contributed by atoms with van der Waals surface area (Å²) in [6.45, 7) is 3.52. The van der Waals surface area contributed by atoms with Crippen LogP contribution in [0, 0.1) is 0 Å². The quantitative estimate of drug-likeness (QED) is 0.698. The van der Waals surface area contributed by atoms with Crippen molar-refractivity contribution in [3.63, 3.8) is 0 Å². The van der Waals surface area contributed by atoms with Gasteiger partial charge in [0.2, 0.25) is 0 Å². The fourth-order valence-electron chi connectivity index (χ4n) is 4.36. The number of fused-ring (bicyclic) bond motifs is 1. The number of likely N-dealkylation sites (tertiary alicyclic amines) is 1. The van der Waals surface area contributed by atoms with Gasteiger partial charge in [-0.15, -0.1) is 0 Å². The SMILES string of the molecule is O=C(OCCN1CCCCC1)c1cccc2cc(C3CCCCC3)oc12. The second-order valence-corrected chi connectivity index (χ2v) is 7.75. The summed E-state index contributed by atoms with van der Waals surface area (Å²) in [4.78, 5) is 15.0. The summed E-state index contributed by atoms with van der Waals surface area (Å²) in [6.07, 6.45) is 10.1. The van der Waals surface area contributed by atoms with Gasteiger partial charge in [-0.2, -0.15) is 0 Å². The van der Waals surface area contributed by atoms with Crippen molar-refractivity contribution in [1.82, 2.24) is 4.90 Å². The van der Waals surface area contributed by atoms with Crippen molar-refractivity contribution in [2.24, 2.45) is 0 Å². The molecule has 2 aromatic rings. The Balaban J connectivity index is 1.43. The number of para-hydroxylation sites is 1. The lowest BCUT2D eigenvalue weighted by Gasteiger charge is -2.25. The van der Waals surface area contributed by atoms with Gasteiger partial charge < -0.3 is 9.15 Å². The first-order valence-corrected chi connectivity index (χ1v) is 10.2. The van der Waals surface area contributed by atoms with Crippen molar-refractivity contribution in [3.8, 4) is 0 Å².